The van der Waals surface area contributed by atoms with Gasteiger partial charge in [0.1, 0.15) is 0 Å². The zero-order chi connectivity index (χ0) is 20.2. The van der Waals surface area contributed by atoms with Crippen LogP contribution < -0.4 is 9.80 Å². The fourth-order valence-electron chi connectivity index (χ4n) is 4.36. The van der Waals surface area contributed by atoms with Gasteiger partial charge in [0.05, 0.1) is 5.92 Å². The summed E-state index contributed by atoms with van der Waals surface area (Å²) >= 11 is 0. The standard InChI is InChI=1S/C24H29N3O2/c1-25(17-19-8-4-2-5-9-19)24(29)20-16-23(28)27(18-20)22-12-10-21(11-13-22)26-14-6-3-7-15-26/h2,4-5,8-13,20H,3,6-7,14-18H2,1H3. The van der Waals surface area contributed by atoms with Crippen molar-refractivity contribution in [2.45, 2.75) is 32.2 Å². The van der Waals surface area contributed by atoms with Crippen molar-refractivity contribution in [1.29, 1.82) is 0 Å². The summed E-state index contributed by atoms with van der Waals surface area (Å²) in [5.41, 5.74) is 3.20. The second-order valence-electron chi connectivity index (χ2n) is 8.15. The Morgan fingerprint density at radius 2 is 1.62 bits per heavy atom. The van der Waals surface area contributed by atoms with Crippen molar-refractivity contribution >= 4 is 23.2 Å². The van der Waals surface area contributed by atoms with E-state index in [1.165, 1.54) is 24.9 Å². The monoisotopic (exact) mass is 391 g/mol. The molecule has 2 aromatic rings. The summed E-state index contributed by atoms with van der Waals surface area (Å²) in [7, 11) is 1.82. The van der Waals surface area contributed by atoms with Gasteiger partial charge in [-0.3, -0.25) is 9.59 Å². The van der Waals surface area contributed by atoms with Crippen molar-refractivity contribution in [3.8, 4) is 0 Å². The first-order valence-corrected chi connectivity index (χ1v) is 10.6. The van der Waals surface area contributed by atoms with Crippen LogP contribution in [0.5, 0.6) is 0 Å². The Labute approximate surface area is 172 Å². The maximum Gasteiger partial charge on any atom is 0.228 e. The minimum absolute atomic E-state index is 0.0298. The van der Waals surface area contributed by atoms with Crippen LogP contribution in [-0.2, 0) is 16.1 Å². The number of nitrogens with zero attached hydrogens (tertiary/aromatic N) is 3. The molecule has 2 amide bonds. The van der Waals surface area contributed by atoms with Gasteiger partial charge >= 0.3 is 0 Å². The summed E-state index contributed by atoms with van der Waals surface area (Å²) in [6.45, 7) is 3.23. The van der Waals surface area contributed by atoms with Gasteiger partial charge < -0.3 is 14.7 Å². The zero-order valence-electron chi connectivity index (χ0n) is 17.1. The molecule has 2 fully saturated rings. The molecule has 0 radical (unpaired) electrons. The summed E-state index contributed by atoms with van der Waals surface area (Å²) < 4.78 is 0. The first-order valence-electron chi connectivity index (χ1n) is 10.6. The quantitative estimate of drug-likeness (QED) is 0.781. The van der Waals surface area contributed by atoms with Crippen LogP contribution in [-0.4, -0.2) is 43.4 Å². The van der Waals surface area contributed by atoms with E-state index >= 15 is 0 Å². The van der Waals surface area contributed by atoms with Crippen LogP contribution >= 0.6 is 0 Å². The Hall–Kier alpha value is -2.82. The van der Waals surface area contributed by atoms with Crippen molar-refractivity contribution in [2.75, 3.05) is 36.5 Å². The van der Waals surface area contributed by atoms with E-state index in [2.05, 4.69) is 17.0 Å². The SMILES string of the molecule is CN(Cc1ccccc1)C(=O)C1CC(=O)N(c2ccc(N3CCCCC3)cc2)C1. The molecule has 1 atom stereocenters. The number of hydrogen-bond donors (Lipinski definition) is 0. The van der Waals surface area contributed by atoms with Gasteiger partial charge in [-0.15, -0.1) is 0 Å². The maximum absolute atomic E-state index is 12.9. The molecule has 4 rings (SSSR count). The molecular formula is C24H29N3O2. The van der Waals surface area contributed by atoms with E-state index in [0.29, 0.717) is 13.1 Å². The summed E-state index contributed by atoms with van der Waals surface area (Å²) in [6.07, 6.45) is 4.08. The van der Waals surface area contributed by atoms with Crippen molar-refractivity contribution in [2.24, 2.45) is 5.92 Å². The topological polar surface area (TPSA) is 43.9 Å². The molecule has 0 aromatic heterocycles. The lowest BCUT2D eigenvalue weighted by atomic mass is 10.1. The first-order chi connectivity index (χ1) is 14.1. The highest BCUT2D eigenvalue weighted by molar-refractivity contribution is 6.00. The summed E-state index contributed by atoms with van der Waals surface area (Å²) in [5, 5.41) is 0. The number of anilines is 2. The number of piperidine rings is 1. The van der Waals surface area contributed by atoms with Gasteiger partial charge in [0.2, 0.25) is 11.8 Å². The van der Waals surface area contributed by atoms with Crippen LogP contribution in [0.25, 0.3) is 0 Å². The van der Waals surface area contributed by atoms with Crippen LogP contribution in [0, 0.1) is 5.92 Å². The molecule has 2 heterocycles. The van der Waals surface area contributed by atoms with Crippen LogP contribution in [0.4, 0.5) is 11.4 Å². The predicted octanol–water partition coefficient (Wildman–Crippen LogP) is 3.69. The Balaban J connectivity index is 1.39. The predicted molar refractivity (Wildman–Crippen MR) is 116 cm³/mol. The minimum Gasteiger partial charge on any atom is -0.372 e. The van der Waals surface area contributed by atoms with Crippen LogP contribution in [0.1, 0.15) is 31.2 Å². The highest BCUT2D eigenvalue weighted by Gasteiger charge is 2.36. The Kier molecular flexibility index (Phi) is 5.84. The molecule has 2 aliphatic heterocycles. The molecule has 0 aliphatic carbocycles. The largest absolute Gasteiger partial charge is 0.372 e. The van der Waals surface area contributed by atoms with Gasteiger partial charge in [-0.25, -0.2) is 0 Å². The summed E-state index contributed by atoms with van der Waals surface area (Å²) in [5.74, 6) is -0.213. The lowest BCUT2D eigenvalue weighted by molar-refractivity contribution is -0.135. The lowest BCUT2D eigenvalue weighted by Gasteiger charge is -2.29. The van der Waals surface area contributed by atoms with Crippen molar-refractivity contribution < 1.29 is 9.59 Å². The van der Waals surface area contributed by atoms with Crippen molar-refractivity contribution in [3.05, 3.63) is 60.2 Å². The molecule has 1 unspecified atom stereocenters. The second kappa shape index (κ2) is 8.68. The highest BCUT2D eigenvalue weighted by atomic mass is 16.2. The fourth-order valence-corrected chi connectivity index (χ4v) is 4.36. The third kappa shape index (κ3) is 4.44. The average molecular weight is 392 g/mol. The van der Waals surface area contributed by atoms with E-state index in [0.717, 1.165) is 24.3 Å². The Morgan fingerprint density at radius 3 is 2.31 bits per heavy atom. The highest BCUT2D eigenvalue weighted by Crippen LogP contribution is 2.29. The lowest BCUT2D eigenvalue weighted by Crippen LogP contribution is -2.34. The Bertz CT molecular complexity index is 844. The van der Waals surface area contributed by atoms with E-state index in [-0.39, 0.29) is 24.2 Å². The molecule has 152 valence electrons. The molecule has 0 bridgehead atoms. The molecule has 0 saturated carbocycles. The van der Waals surface area contributed by atoms with Gasteiger partial charge in [-0.05, 0) is 49.1 Å². The fraction of sp³-hybridized carbons (Fsp3) is 0.417. The first kappa shape index (κ1) is 19.5. The molecule has 2 aliphatic rings. The number of carbonyl (C=O) groups is 2. The Morgan fingerprint density at radius 1 is 0.966 bits per heavy atom. The number of benzene rings is 2. The molecule has 0 spiro atoms. The van der Waals surface area contributed by atoms with E-state index < -0.39 is 0 Å². The van der Waals surface area contributed by atoms with E-state index in [9.17, 15) is 9.59 Å². The number of rotatable bonds is 5. The molecule has 2 saturated heterocycles. The molecule has 5 nitrogen and oxygen atoms in total. The smallest absolute Gasteiger partial charge is 0.228 e. The maximum atomic E-state index is 12.9. The molecule has 0 N–H and O–H groups in total. The van der Waals surface area contributed by atoms with E-state index in [4.69, 9.17) is 0 Å². The van der Waals surface area contributed by atoms with Crippen molar-refractivity contribution in [1.82, 2.24) is 4.90 Å². The average Bonchev–Trinajstić information content (AvgIpc) is 3.16. The van der Waals surface area contributed by atoms with Gasteiger partial charge in [-0.1, -0.05) is 30.3 Å². The number of amides is 2. The number of hydrogen-bond acceptors (Lipinski definition) is 3. The molecular weight excluding hydrogens is 362 g/mol. The minimum atomic E-state index is -0.280. The summed E-state index contributed by atoms with van der Waals surface area (Å²) in [4.78, 5) is 31.4. The summed E-state index contributed by atoms with van der Waals surface area (Å²) in [6, 6.07) is 18.2. The van der Waals surface area contributed by atoms with E-state index in [1.807, 2.05) is 49.5 Å². The van der Waals surface area contributed by atoms with Crippen LogP contribution in [0.3, 0.4) is 0 Å². The van der Waals surface area contributed by atoms with Crippen molar-refractivity contribution in [3.63, 3.8) is 0 Å². The van der Waals surface area contributed by atoms with Gasteiger partial charge in [-0.2, -0.15) is 0 Å². The van der Waals surface area contributed by atoms with Crippen LogP contribution in [0.15, 0.2) is 54.6 Å². The third-order valence-electron chi connectivity index (χ3n) is 6.00. The van der Waals surface area contributed by atoms with Gasteiger partial charge in [0, 0.05) is 51.0 Å². The third-order valence-corrected chi connectivity index (χ3v) is 6.00. The van der Waals surface area contributed by atoms with Crippen LogP contribution in [0.2, 0.25) is 0 Å². The second-order valence-corrected chi connectivity index (χ2v) is 8.15. The van der Waals surface area contributed by atoms with E-state index in [1.54, 1.807) is 9.80 Å². The molecule has 2 aromatic carbocycles. The zero-order valence-corrected chi connectivity index (χ0v) is 17.1. The number of carbonyl (C=O) groups excluding carboxylic acids is 2. The normalized spacial score (nSPS) is 19.5. The van der Waals surface area contributed by atoms with Gasteiger partial charge in [0.15, 0.2) is 0 Å². The molecule has 5 heteroatoms. The molecule has 29 heavy (non-hydrogen) atoms. The van der Waals surface area contributed by atoms with Gasteiger partial charge in [0.25, 0.3) is 0 Å².